The molecule has 0 aliphatic carbocycles. The topological polar surface area (TPSA) is 62.2 Å². The van der Waals surface area contributed by atoms with E-state index in [2.05, 4.69) is 64.1 Å². The van der Waals surface area contributed by atoms with Crippen LogP contribution in [0.25, 0.3) is 5.69 Å². The Balaban J connectivity index is 1.48. The average molecular weight is 528 g/mol. The fourth-order valence-electron chi connectivity index (χ4n) is 5.25. The van der Waals surface area contributed by atoms with Gasteiger partial charge in [-0.15, -0.1) is 0 Å². The molecule has 2 aromatic heterocycles. The van der Waals surface area contributed by atoms with Crippen LogP contribution in [0.4, 0.5) is 10.1 Å². The molecule has 1 aliphatic heterocycles. The van der Waals surface area contributed by atoms with E-state index in [9.17, 15) is 9.18 Å². The number of amides is 1. The second kappa shape index (κ2) is 10.8. The second-order valence-electron chi connectivity index (χ2n) is 9.55. The van der Waals surface area contributed by atoms with Crippen LogP contribution in [0.15, 0.2) is 79.0 Å². The fraction of sp³-hybridized carbons (Fsp3) is 0.233. The van der Waals surface area contributed by atoms with Gasteiger partial charge in [-0.3, -0.25) is 9.78 Å². The SMILES string of the molecule is Cc1ccccc1-n1c(C)cc([C@H]2[C@H](c3ccccn3)NC(=S)N2CCC(=O)Nc2ccccc2F)c1C. The zero-order chi connectivity index (χ0) is 26.8. The van der Waals surface area contributed by atoms with Crippen LogP contribution >= 0.6 is 12.2 Å². The van der Waals surface area contributed by atoms with E-state index < -0.39 is 5.82 Å². The zero-order valence-corrected chi connectivity index (χ0v) is 22.4. The molecule has 1 aliphatic rings. The summed E-state index contributed by atoms with van der Waals surface area (Å²) in [5, 5.41) is 6.69. The maximum atomic E-state index is 14.1. The van der Waals surface area contributed by atoms with Gasteiger partial charge in [0.15, 0.2) is 5.11 Å². The highest BCUT2D eigenvalue weighted by atomic mass is 32.1. The van der Waals surface area contributed by atoms with Crippen molar-refractivity contribution in [3.05, 3.63) is 113 Å². The maximum absolute atomic E-state index is 14.1. The Morgan fingerprint density at radius 1 is 1.05 bits per heavy atom. The van der Waals surface area contributed by atoms with E-state index in [-0.39, 0.29) is 30.1 Å². The zero-order valence-electron chi connectivity index (χ0n) is 21.6. The molecule has 8 heteroatoms. The van der Waals surface area contributed by atoms with Gasteiger partial charge < -0.3 is 20.1 Å². The number of rotatable bonds is 7. The highest BCUT2D eigenvalue weighted by Gasteiger charge is 2.41. The minimum Gasteiger partial charge on any atom is -0.352 e. The van der Waals surface area contributed by atoms with Crippen LogP contribution in [0.1, 0.15) is 46.7 Å². The summed E-state index contributed by atoms with van der Waals surface area (Å²) in [6.45, 7) is 6.70. The number of anilines is 1. The molecule has 2 N–H and O–H groups in total. The Morgan fingerprint density at radius 2 is 1.79 bits per heavy atom. The molecule has 0 radical (unpaired) electrons. The lowest BCUT2D eigenvalue weighted by molar-refractivity contribution is -0.116. The average Bonchev–Trinajstić information content (AvgIpc) is 3.39. The first kappa shape index (κ1) is 25.6. The Morgan fingerprint density at radius 3 is 2.53 bits per heavy atom. The van der Waals surface area contributed by atoms with Crippen LogP contribution in [0.2, 0.25) is 0 Å². The molecule has 1 saturated heterocycles. The lowest BCUT2D eigenvalue weighted by Gasteiger charge is -2.28. The number of thiocarbonyl (C=S) groups is 1. The number of para-hydroxylation sites is 2. The smallest absolute Gasteiger partial charge is 0.226 e. The second-order valence-corrected chi connectivity index (χ2v) is 9.93. The largest absolute Gasteiger partial charge is 0.352 e. The summed E-state index contributed by atoms with van der Waals surface area (Å²) in [7, 11) is 0. The molecule has 1 fully saturated rings. The molecule has 2 aromatic carbocycles. The molecule has 0 bridgehead atoms. The molecule has 0 saturated carbocycles. The van der Waals surface area contributed by atoms with Gasteiger partial charge in [0, 0.05) is 36.2 Å². The first-order valence-electron chi connectivity index (χ1n) is 12.6. The van der Waals surface area contributed by atoms with E-state index in [0.29, 0.717) is 11.7 Å². The Bertz CT molecular complexity index is 1490. The van der Waals surface area contributed by atoms with Crippen LogP contribution < -0.4 is 10.6 Å². The number of hydrogen-bond acceptors (Lipinski definition) is 3. The van der Waals surface area contributed by atoms with Crippen LogP contribution in [0.3, 0.4) is 0 Å². The summed E-state index contributed by atoms with van der Waals surface area (Å²) in [5.41, 5.74) is 6.69. The molecule has 2 atom stereocenters. The third kappa shape index (κ3) is 4.91. The van der Waals surface area contributed by atoms with Gasteiger partial charge in [-0.1, -0.05) is 36.4 Å². The molecular formula is C30H30FN5OS. The van der Waals surface area contributed by atoms with E-state index in [0.717, 1.165) is 28.3 Å². The number of aryl methyl sites for hydroxylation is 2. The number of carbonyl (C=O) groups is 1. The summed E-state index contributed by atoms with van der Waals surface area (Å²) >= 11 is 5.78. The molecule has 0 unspecified atom stereocenters. The van der Waals surface area contributed by atoms with E-state index >= 15 is 0 Å². The van der Waals surface area contributed by atoms with Gasteiger partial charge in [-0.2, -0.15) is 0 Å². The van der Waals surface area contributed by atoms with Gasteiger partial charge >= 0.3 is 0 Å². The van der Waals surface area contributed by atoms with Gasteiger partial charge in [-0.05, 0) is 80.5 Å². The van der Waals surface area contributed by atoms with Gasteiger partial charge in [0.05, 0.1) is 23.5 Å². The van der Waals surface area contributed by atoms with Crippen molar-refractivity contribution >= 4 is 28.9 Å². The number of benzene rings is 2. The summed E-state index contributed by atoms with van der Waals surface area (Å²) < 4.78 is 16.3. The quantitative estimate of drug-likeness (QED) is 0.292. The van der Waals surface area contributed by atoms with Gasteiger partial charge in [0.1, 0.15) is 5.82 Å². The van der Waals surface area contributed by atoms with Gasteiger partial charge in [0.25, 0.3) is 0 Å². The summed E-state index contributed by atoms with van der Waals surface area (Å²) in [4.78, 5) is 19.5. The minimum atomic E-state index is -0.462. The van der Waals surface area contributed by atoms with E-state index in [1.165, 1.54) is 11.6 Å². The van der Waals surface area contributed by atoms with E-state index in [1.54, 1.807) is 24.4 Å². The highest BCUT2D eigenvalue weighted by Crippen LogP contribution is 2.41. The molecule has 1 amide bonds. The van der Waals surface area contributed by atoms with Crippen LogP contribution in [0, 0.1) is 26.6 Å². The first-order chi connectivity index (χ1) is 18.3. The van der Waals surface area contributed by atoms with Crippen molar-refractivity contribution in [2.24, 2.45) is 0 Å². The third-order valence-corrected chi connectivity index (χ3v) is 7.42. The summed E-state index contributed by atoms with van der Waals surface area (Å²) in [6.07, 6.45) is 1.93. The van der Waals surface area contributed by atoms with E-state index in [4.69, 9.17) is 12.2 Å². The highest BCUT2D eigenvalue weighted by molar-refractivity contribution is 7.80. The number of hydrogen-bond donors (Lipinski definition) is 2. The maximum Gasteiger partial charge on any atom is 0.226 e. The lowest BCUT2D eigenvalue weighted by Crippen LogP contribution is -2.33. The molecule has 6 nitrogen and oxygen atoms in total. The minimum absolute atomic E-state index is 0.151. The van der Waals surface area contributed by atoms with Crippen molar-refractivity contribution in [2.45, 2.75) is 39.3 Å². The number of halogens is 1. The van der Waals surface area contributed by atoms with Crippen molar-refractivity contribution in [1.29, 1.82) is 0 Å². The van der Waals surface area contributed by atoms with Crippen LogP contribution in [0.5, 0.6) is 0 Å². The normalized spacial score (nSPS) is 16.9. The van der Waals surface area contributed by atoms with Crippen molar-refractivity contribution in [1.82, 2.24) is 19.8 Å². The monoisotopic (exact) mass is 527 g/mol. The fourth-order valence-corrected chi connectivity index (χ4v) is 5.59. The number of carbonyl (C=O) groups excluding carboxylic acids is 1. The predicted molar refractivity (Wildman–Crippen MR) is 152 cm³/mol. The number of nitrogens with zero attached hydrogens (tertiary/aromatic N) is 3. The van der Waals surface area contributed by atoms with E-state index in [1.807, 2.05) is 30.3 Å². The van der Waals surface area contributed by atoms with Gasteiger partial charge in [0.2, 0.25) is 5.91 Å². The van der Waals surface area contributed by atoms with Crippen LogP contribution in [-0.4, -0.2) is 32.0 Å². The molecule has 3 heterocycles. The van der Waals surface area contributed by atoms with Crippen molar-refractivity contribution in [2.75, 3.05) is 11.9 Å². The number of pyridine rings is 1. The third-order valence-electron chi connectivity index (χ3n) is 7.07. The lowest BCUT2D eigenvalue weighted by atomic mass is 9.96. The standard InChI is InChI=1S/C30H30FN5OS/c1-19-10-4-7-14-26(19)36-20(2)18-22(21(36)3)29-28(25-13-8-9-16-32-25)34-30(38)35(29)17-15-27(37)33-24-12-6-5-11-23(24)31/h4-14,16,18,28-29H,15,17H2,1-3H3,(H,33,37)(H,34,38)/t28-,29-/m0/s1. The predicted octanol–water partition coefficient (Wildman–Crippen LogP) is 5.94. The Labute approximate surface area is 227 Å². The summed E-state index contributed by atoms with van der Waals surface area (Å²) in [5.74, 6) is -0.737. The Kier molecular flexibility index (Phi) is 7.24. The summed E-state index contributed by atoms with van der Waals surface area (Å²) in [6, 6.07) is 22.1. The number of nitrogens with one attached hydrogen (secondary N) is 2. The number of aromatic nitrogens is 2. The van der Waals surface area contributed by atoms with Crippen molar-refractivity contribution in [3.63, 3.8) is 0 Å². The Hall–Kier alpha value is -4.04. The first-order valence-corrected chi connectivity index (χ1v) is 13.0. The molecule has 194 valence electrons. The molecule has 5 rings (SSSR count). The van der Waals surface area contributed by atoms with Crippen molar-refractivity contribution < 1.29 is 9.18 Å². The van der Waals surface area contributed by atoms with Crippen molar-refractivity contribution in [3.8, 4) is 5.69 Å². The molecule has 4 aromatic rings. The van der Waals surface area contributed by atoms with Gasteiger partial charge in [-0.25, -0.2) is 4.39 Å². The molecule has 38 heavy (non-hydrogen) atoms. The van der Waals surface area contributed by atoms with Crippen LogP contribution in [-0.2, 0) is 4.79 Å². The molecule has 0 spiro atoms. The molecular weight excluding hydrogens is 497 g/mol.